The van der Waals surface area contributed by atoms with Gasteiger partial charge in [-0.3, -0.25) is 0 Å². The highest BCUT2D eigenvalue weighted by Gasteiger charge is 2.13. The second-order valence-corrected chi connectivity index (χ2v) is 6.14. The van der Waals surface area contributed by atoms with Crippen molar-refractivity contribution in [1.82, 2.24) is 9.97 Å². The molecule has 7 heteroatoms. The van der Waals surface area contributed by atoms with E-state index in [-0.39, 0.29) is 0 Å². The molecule has 0 aromatic carbocycles. The van der Waals surface area contributed by atoms with Crippen LogP contribution in [0.5, 0.6) is 0 Å². The molecule has 0 unspecified atom stereocenters. The molecule has 0 fully saturated rings. The van der Waals surface area contributed by atoms with Gasteiger partial charge in [0.2, 0.25) is 0 Å². The Hall–Kier alpha value is -0.0100. The molecule has 3 nitrogen and oxygen atoms in total. The molecular formula is C10H7Br2ClN2OS. The minimum absolute atomic E-state index is 0.391. The van der Waals surface area contributed by atoms with E-state index in [2.05, 4.69) is 41.8 Å². The van der Waals surface area contributed by atoms with Crippen molar-refractivity contribution in [3.05, 3.63) is 31.2 Å². The number of rotatable bonds is 3. The van der Waals surface area contributed by atoms with Gasteiger partial charge in [-0.15, -0.1) is 11.3 Å². The summed E-state index contributed by atoms with van der Waals surface area (Å²) in [6.07, 6.45) is 0. The van der Waals surface area contributed by atoms with E-state index in [0.717, 1.165) is 15.0 Å². The summed E-state index contributed by atoms with van der Waals surface area (Å²) in [6.45, 7) is 0.391. The van der Waals surface area contributed by atoms with Crippen molar-refractivity contribution in [2.75, 3.05) is 7.11 Å². The number of hydrogen-bond acceptors (Lipinski definition) is 4. The van der Waals surface area contributed by atoms with Gasteiger partial charge in [0.05, 0.1) is 21.7 Å². The fourth-order valence-electron chi connectivity index (χ4n) is 1.24. The first-order valence-corrected chi connectivity index (χ1v) is 7.41. The van der Waals surface area contributed by atoms with Crippen molar-refractivity contribution in [3.8, 4) is 10.7 Å². The highest BCUT2D eigenvalue weighted by Crippen LogP contribution is 2.31. The molecular weight excluding hydrogens is 391 g/mol. The lowest BCUT2D eigenvalue weighted by atomic mass is 10.4. The van der Waals surface area contributed by atoms with E-state index in [1.807, 2.05) is 11.4 Å². The van der Waals surface area contributed by atoms with E-state index in [1.54, 1.807) is 18.4 Å². The van der Waals surface area contributed by atoms with Crippen molar-refractivity contribution in [2.45, 2.75) is 6.61 Å². The maximum atomic E-state index is 6.05. The van der Waals surface area contributed by atoms with E-state index in [0.29, 0.717) is 22.1 Å². The van der Waals surface area contributed by atoms with Gasteiger partial charge in [-0.2, -0.15) is 0 Å². The Morgan fingerprint density at radius 2 is 2.18 bits per heavy atom. The molecule has 0 aliphatic rings. The maximum Gasteiger partial charge on any atom is 0.171 e. The van der Waals surface area contributed by atoms with Crippen LogP contribution in [0.25, 0.3) is 10.7 Å². The molecule has 0 aliphatic carbocycles. The first-order chi connectivity index (χ1) is 8.11. The summed E-state index contributed by atoms with van der Waals surface area (Å²) in [6, 6.07) is 1.96. The lowest BCUT2D eigenvalue weighted by molar-refractivity contribution is 0.181. The fraction of sp³-hybridized carbons (Fsp3) is 0.200. The second kappa shape index (κ2) is 5.75. The molecule has 90 valence electrons. The average Bonchev–Trinajstić information content (AvgIpc) is 2.71. The smallest absolute Gasteiger partial charge is 0.171 e. The Labute approximate surface area is 124 Å². The van der Waals surface area contributed by atoms with Gasteiger partial charge in [-0.25, -0.2) is 9.97 Å². The number of methoxy groups -OCH3 is 1. The molecule has 0 spiro atoms. The lowest BCUT2D eigenvalue weighted by Gasteiger charge is -2.06. The number of hydrogen-bond donors (Lipinski definition) is 0. The van der Waals surface area contributed by atoms with Crippen LogP contribution in [0, 0.1) is 0 Å². The number of nitrogens with zero attached hydrogens (tertiary/aromatic N) is 2. The molecule has 0 radical (unpaired) electrons. The van der Waals surface area contributed by atoms with Crippen LogP contribution in [-0.4, -0.2) is 17.1 Å². The zero-order valence-electron chi connectivity index (χ0n) is 8.71. The average molecular weight is 399 g/mol. The summed E-state index contributed by atoms with van der Waals surface area (Å²) < 4.78 is 6.76. The molecule has 0 bridgehead atoms. The summed E-state index contributed by atoms with van der Waals surface area (Å²) in [7, 11) is 1.61. The SMILES string of the molecule is COCc1nc(-c2cc(Br)cs2)nc(Cl)c1Br. The maximum absolute atomic E-state index is 6.05. The summed E-state index contributed by atoms with van der Waals surface area (Å²) >= 11 is 14.4. The van der Waals surface area contributed by atoms with Crippen molar-refractivity contribution in [1.29, 1.82) is 0 Å². The van der Waals surface area contributed by atoms with Gasteiger partial charge in [0.15, 0.2) is 5.82 Å². The normalized spacial score (nSPS) is 10.8. The van der Waals surface area contributed by atoms with Gasteiger partial charge >= 0.3 is 0 Å². The molecule has 2 heterocycles. The van der Waals surface area contributed by atoms with Gasteiger partial charge in [-0.05, 0) is 37.9 Å². The summed E-state index contributed by atoms with van der Waals surface area (Å²) in [5, 5.41) is 2.37. The van der Waals surface area contributed by atoms with Gasteiger partial charge in [0.25, 0.3) is 0 Å². The molecule has 0 saturated carbocycles. The molecule has 0 amide bonds. The van der Waals surface area contributed by atoms with Crippen LogP contribution in [0.2, 0.25) is 5.15 Å². The third-order valence-corrected chi connectivity index (χ3v) is 4.97. The number of ether oxygens (including phenoxy) is 1. The Kier molecular flexibility index (Phi) is 4.54. The summed E-state index contributed by atoms with van der Waals surface area (Å²) in [5.74, 6) is 0.612. The molecule has 0 aliphatic heterocycles. The van der Waals surface area contributed by atoms with Crippen LogP contribution in [0.1, 0.15) is 5.69 Å². The van der Waals surface area contributed by atoms with E-state index in [1.165, 1.54) is 0 Å². The zero-order chi connectivity index (χ0) is 12.4. The first-order valence-electron chi connectivity index (χ1n) is 4.57. The number of thiophene rings is 1. The predicted molar refractivity (Wildman–Crippen MR) is 76.5 cm³/mol. The Morgan fingerprint density at radius 3 is 2.76 bits per heavy atom. The van der Waals surface area contributed by atoms with Crippen molar-refractivity contribution >= 4 is 54.8 Å². The number of halogens is 3. The minimum atomic E-state index is 0.391. The highest BCUT2D eigenvalue weighted by molar-refractivity contribution is 9.10. The molecule has 17 heavy (non-hydrogen) atoms. The van der Waals surface area contributed by atoms with E-state index in [9.17, 15) is 0 Å². The molecule has 0 N–H and O–H groups in total. The summed E-state index contributed by atoms with van der Waals surface area (Å²) in [5.41, 5.74) is 0.743. The predicted octanol–water partition coefficient (Wildman–Crippen LogP) is 4.53. The zero-order valence-corrected chi connectivity index (χ0v) is 13.5. The summed E-state index contributed by atoms with van der Waals surface area (Å²) in [4.78, 5) is 9.63. The molecule has 0 atom stereocenters. The van der Waals surface area contributed by atoms with Crippen LogP contribution in [0.4, 0.5) is 0 Å². The fourth-order valence-corrected chi connectivity index (χ4v) is 3.08. The van der Waals surface area contributed by atoms with Crippen LogP contribution < -0.4 is 0 Å². The standard InChI is InChI=1S/C10H7Br2ClN2OS/c1-16-3-6-8(12)9(13)15-10(14-6)7-2-5(11)4-17-7/h2,4H,3H2,1H3. The first kappa shape index (κ1) is 13.4. The van der Waals surface area contributed by atoms with E-state index in [4.69, 9.17) is 16.3 Å². The minimum Gasteiger partial charge on any atom is -0.378 e. The van der Waals surface area contributed by atoms with Gasteiger partial charge < -0.3 is 4.74 Å². The van der Waals surface area contributed by atoms with Crippen LogP contribution in [-0.2, 0) is 11.3 Å². The van der Waals surface area contributed by atoms with Crippen LogP contribution in [0.15, 0.2) is 20.4 Å². The van der Waals surface area contributed by atoms with Crippen molar-refractivity contribution < 1.29 is 4.74 Å². The third kappa shape index (κ3) is 3.06. The molecule has 2 aromatic heterocycles. The van der Waals surface area contributed by atoms with Crippen molar-refractivity contribution in [2.24, 2.45) is 0 Å². The largest absolute Gasteiger partial charge is 0.378 e. The van der Waals surface area contributed by atoms with Gasteiger partial charge in [0, 0.05) is 17.0 Å². The van der Waals surface area contributed by atoms with E-state index < -0.39 is 0 Å². The van der Waals surface area contributed by atoms with Crippen LogP contribution in [0.3, 0.4) is 0 Å². The quantitative estimate of drug-likeness (QED) is 0.713. The van der Waals surface area contributed by atoms with E-state index >= 15 is 0 Å². The third-order valence-electron chi connectivity index (χ3n) is 1.95. The van der Waals surface area contributed by atoms with Crippen LogP contribution >= 0.6 is 54.8 Å². The van der Waals surface area contributed by atoms with Crippen molar-refractivity contribution in [3.63, 3.8) is 0 Å². The highest BCUT2D eigenvalue weighted by atomic mass is 79.9. The second-order valence-electron chi connectivity index (χ2n) is 3.16. The van der Waals surface area contributed by atoms with Gasteiger partial charge in [0.1, 0.15) is 5.15 Å². The lowest BCUT2D eigenvalue weighted by Crippen LogP contribution is -1.99. The number of aromatic nitrogens is 2. The Bertz CT molecular complexity index is 547. The Morgan fingerprint density at radius 1 is 1.41 bits per heavy atom. The topological polar surface area (TPSA) is 35.0 Å². The van der Waals surface area contributed by atoms with Gasteiger partial charge in [-0.1, -0.05) is 11.6 Å². The molecule has 0 saturated heterocycles. The monoisotopic (exact) mass is 396 g/mol. The Balaban J connectivity index is 2.48. The molecule has 2 rings (SSSR count). The molecule has 2 aromatic rings.